The fourth-order valence-electron chi connectivity index (χ4n) is 1.20. The molecule has 13 heavy (non-hydrogen) atoms. The van der Waals surface area contributed by atoms with Gasteiger partial charge >= 0.3 is 0 Å². The third kappa shape index (κ3) is 1.76. The van der Waals surface area contributed by atoms with Crippen LogP contribution in [0.5, 0.6) is 0 Å². The van der Waals surface area contributed by atoms with E-state index in [9.17, 15) is 4.39 Å². The summed E-state index contributed by atoms with van der Waals surface area (Å²) < 4.78 is 15.4. The van der Waals surface area contributed by atoms with Gasteiger partial charge in [-0.05, 0) is 40.3 Å². The van der Waals surface area contributed by atoms with E-state index in [1.807, 2.05) is 6.07 Å². The molecule has 0 saturated carbocycles. The lowest BCUT2D eigenvalue weighted by molar-refractivity contribution is 0.644. The van der Waals surface area contributed by atoms with Crippen LogP contribution in [0.4, 0.5) is 4.39 Å². The number of fused-ring (bicyclic) bond motifs is 1. The Kier molecular flexibility index (Phi) is 2.90. The van der Waals surface area contributed by atoms with Crippen LogP contribution in [-0.2, 0) is 5.33 Å². The maximum atomic E-state index is 13.2. The summed E-state index contributed by atoms with van der Waals surface area (Å²) in [5, 5.41) is 3.07. The van der Waals surface area contributed by atoms with Crippen LogP contribution in [0.25, 0.3) is 10.1 Å². The van der Waals surface area contributed by atoms with Gasteiger partial charge in [-0.25, -0.2) is 4.39 Å². The lowest BCUT2D eigenvalue weighted by Crippen LogP contribution is -1.81. The Morgan fingerprint density at radius 1 is 1.46 bits per heavy atom. The van der Waals surface area contributed by atoms with Gasteiger partial charge in [0.15, 0.2) is 0 Å². The van der Waals surface area contributed by atoms with Crippen molar-refractivity contribution in [3.63, 3.8) is 0 Å². The molecule has 0 fully saturated rings. The first-order chi connectivity index (χ1) is 6.22. The molecule has 0 aliphatic carbocycles. The summed E-state index contributed by atoms with van der Waals surface area (Å²) in [5.41, 5.74) is 1.12. The number of thiophene rings is 1. The molecule has 4 heteroatoms. The lowest BCUT2D eigenvalue weighted by Gasteiger charge is -1.98. The molecule has 0 spiro atoms. The third-order valence-electron chi connectivity index (χ3n) is 1.80. The standard InChI is InChI=1S/C9H5BrFIS/c10-3-5-1-6-7(11)4-13-9(6)8(12)2-5/h1-2,4H,3H2. The molecule has 1 aromatic carbocycles. The molecule has 2 aromatic rings. The van der Waals surface area contributed by atoms with E-state index in [4.69, 9.17) is 0 Å². The first-order valence-electron chi connectivity index (χ1n) is 3.63. The van der Waals surface area contributed by atoms with Crippen LogP contribution in [0.15, 0.2) is 17.5 Å². The maximum Gasteiger partial charge on any atom is 0.141 e. The van der Waals surface area contributed by atoms with Crippen molar-refractivity contribution in [2.24, 2.45) is 0 Å². The highest BCUT2D eigenvalue weighted by Crippen LogP contribution is 2.30. The highest BCUT2D eigenvalue weighted by Gasteiger charge is 2.07. The van der Waals surface area contributed by atoms with Crippen LogP contribution in [-0.4, -0.2) is 0 Å². The van der Waals surface area contributed by atoms with Gasteiger partial charge in [-0.15, -0.1) is 11.3 Å². The van der Waals surface area contributed by atoms with Crippen molar-refractivity contribution >= 4 is 59.9 Å². The summed E-state index contributed by atoms with van der Waals surface area (Å²) in [4.78, 5) is 0. The van der Waals surface area contributed by atoms with Crippen molar-refractivity contribution in [1.29, 1.82) is 0 Å². The Labute approximate surface area is 101 Å². The van der Waals surface area contributed by atoms with Gasteiger partial charge in [-0.2, -0.15) is 0 Å². The quantitative estimate of drug-likeness (QED) is 0.510. The monoisotopic (exact) mass is 370 g/mol. The second-order valence-electron chi connectivity index (χ2n) is 2.67. The normalized spacial score (nSPS) is 11.0. The van der Waals surface area contributed by atoms with Gasteiger partial charge in [0, 0.05) is 19.7 Å². The van der Waals surface area contributed by atoms with Gasteiger partial charge in [0.25, 0.3) is 0 Å². The van der Waals surface area contributed by atoms with E-state index in [1.165, 1.54) is 11.3 Å². The molecule has 0 aliphatic rings. The minimum Gasteiger partial charge on any atom is -0.205 e. The Balaban J connectivity index is 2.80. The van der Waals surface area contributed by atoms with E-state index < -0.39 is 0 Å². The minimum atomic E-state index is -0.110. The molecule has 1 heterocycles. The smallest absolute Gasteiger partial charge is 0.141 e. The number of hydrogen-bond donors (Lipinski definition) is 0. The summed E-state index contributed by atoms with van der Waals surface area (Å²) in [6.07, 6.45) is 0. The van der Waals surface area contributed by atoms with Crippen LogP contribution in [0.2, 0.25) is 0 Å². The molecule has 0 bridgehead atoms. The molecule has 0 atom stereocenters. The van der Waals surface area contributed by atoms with Gasteiger partial charge in [0.2, 0.25) is 0 Å². The molecule has 0 unspecified atom stereocenters. The molecule has 0 nitrogen and oxygen atoms in total. The van der Waals surface area contributed by atoms with Crippen LogP contribution in [0, 0.1) is 9.39 Å². The number of benzene rings is 1. The Hall–Kier alpha value is 0.320. The van der Waals surface area contributed by atoms with Crippen LogP contribution in [0.3, 0.4) is 0 Å². The molecule has 0 saturated heterocycles. The Morgan fingerprint density at radius 2 is 2.23 bits per heavy atom. The predicted molar refractivity (Wildman–Crippen MR) is 67.1 cm³/mol. The van der Waals surface area contributed by atoms with Crippen LogP contribution >= 0.6 is 49.9 Å². The molecule has 0 N–H and O–H groups in total. The largest absolute Gasteiger partial charge is 0.205 e. The molecule has 1 aromatic heterocycles. The number of halogens is 3. The van der Waals surface area contributed by atoms with E-state index in [-0.39, 0.29) is 5.82 Å². The van der Waals surface area contributed by atoms with Gasteiger partial charge < -0.3 is 0 Å². The van der Waals surface area contributed by atoms with Gasteiger partial charge in [0.1, 0.15) is 5.82 Å². The van der Waals surface area contributed by atoms with Gasteiger partial charge in [-0.1, -0.05) is 15.9 Å². The minimum absolute atomic E-state index is 0.110. The number of alkyl halides is 1. The molecule has 0 radical (unpaired) electrons. The Morgan fingerprint density at radius 3 is 2.92 bits per heavy atom. The summed E-state index contributed by atoms with van der Waals surface area (Å²) >= 11 is 7.07. The molecule has 0 aliphatic heterocycles. The number of rotatable bonds is 1. The second kappa shape index (κ2) is 3.82. The van der Waals surface area contributed by atoms with Crippen molar-refractivity contribution < 1.29 is 4.39 Å². The fourth-order valence-corrected chi connectivity index (χ4v) is 3.40. The van der Waals surface area contributed by atoms with Gasteiger partial charge in [-0.3, -0.25) is 0 Å². The molecular formula is C9H5BrFIS. The summed E-state index contributed by atoms with van der Waals surface area (Å²) in [5.74, 6) is -0.110. The molecule has 2 rings (SSSR count). The summed E-state index contributed by atoms with van der Waals surface area (Å²) in [7, 11) is 0. The van der Waals surface area contributed by atoms with E-state index >= 15 is 0 Å². The van der Waals surface area contributed by atoms with Crippen molar-refractivity contribution in [2.75, 3.05) is 0 Å². The topological polar surface area (TPSA) is 0 Å². The van der Waals surface area contributed by atoms with Crippen molar-refractivity contribution in [1.82, 2.24) is 0 Å². The first-order valence-corrected chi connectivity index (χ1v) is 6.71. The zero-order valence-corrected chi connectivity index (χ0v) is 11.0. The highest BCUT2D eigenvalue weighted by molar-refractivity contribution is 14.1. The van der Waals surface area contributed by atoms with Crippen molar-refractivity contribution in [3.8, 4) is 0 Å². The number of hydrogen-bond acceptors (Lipinski definition) is 1. The second-order valence-corrected chi connectivity index (χ2v) is 5.27. The fraction of sp³-hybridized carbons (Fsp3) is 0.111. The van der Waals surface area contributed by atoms with Crippen LogP contribution < -0.4 is 0 Å². The summed E-state index contributed by atoms with van der Waals surface area (Å²) in [6.45, 7) is 0. The van der Waals surface area contributed by atoms with E-state index in [0.29, 0.717) is 0 Å². The maximum absolute atomic E-state index is 13.2. The third-order valence-corrected chi connectivity index (χ3v) is 4.66. The van der Waals surface area contributed by atoms with E-state index in [2.05, 4.69) is 44.6 Å². The van der Waals surface area contributed by atoms with Gasteiger partial charge in [0.05, 0.1) is 4.70 Å². The van der Waals surface area contributed by atoms with Crippen molar-refractivity contribution in [2.45, 2.75) is 5.33 Å². The van der Waals surface area contributed by atoms with E-state index in [0.717, 1.165) is 24.5 Å². The first kappa shape index (κ1) is 9.86. The lowest BCUT2D eigenvalue weighted by atomic mass is 10.2. The average Bonchev–Trinajstić information content (AvgIpc) is 2.48. The average molecular weight is 371 g/mol. The Bertz CT molecular complexity index is 452. The molecule has 0 amide bonds. The zero-order chi connectivity index (χ0) is 9.42. The van der Waals surface area contributed by atoms with E-state index in [1.54, 1.807) is 5.38 Å². The SMILES string of the molecule is Fc1csc2c(I)cc(CBr)cc12. The van der Waals surface area contributed by atoms with Crippen molar-refractivity contribution in [3.05, 3.63) is 32.5 Å². The predicted octanol–water partition coefficient (Wildman–Crippen LogP) is 4.54. The molecule has 68 valence electrons. The summed E-state index contributed by atoms with van der Waals surface area (Å²) in [6, 6.07) is 3.98. The van der Waals surface area contributed by atoms with Crippen LogP contribution in [0.1, 0.15) is 5.56 Å². The zero-order valence-electron chi connectivity index (χ0n) is 6.48. The molecular weight excluding hydrogens is 366 g/mol. The highest BCUT2D eigenvalue weighted by atomic mass is 127.